The predicted molar refractivity (Wildman–Crippen MR) is 48.0 cm³/mol. The van der Waals surface area contributed by atoms with Crippen LogP contribution in [-0.2, 0) is 9.59 Å². The Morgan fingerprint density at radius 3 is 2.25 bits per heavy atom. The van der Waals surface area contributed by atoms with E-state index in [1.165, 1.54) is 0 Å². The zero-order valence-corrected chi connectivity index (χ0v) is 7.85. The highest BCUT2D eigenvalue weighted by molar-refractivity contribution is 8.28. The molecule has 1 aliphatic heterocycles. The third-order valence-electron chi connectivity index (χ3n) is 1.59. The van der Waals surface area contributed by atoms with Crippen LogP contribution in [0.1, 0.15) is 13.8 Å². The van der Waals surface area contributed by atoms with Crippen LogP contribution in [0.4, 0.5) is 0 Å². The van der Waals surface area contributed by atoms with Gasteiger partial charge in [0.1, 0.15) is 0 Å². The Balaban J connectivity index is 2.71. The fourth-order valence-corrected chi connectivity index (χ4v) is 1.73. The number of amidine groups is 1. The maximum atomic E-state index is 10.8. The van der Waals surface area contributed by atoms with Crippen LogP contribution in [0.15, 0.2) is 4.99 Å². The summed E-state index contributed by atoms with van der Waals surface area (Å²) in [5, 5.41) is 0.0619. The van der Waals surface area contributed by atoms with E-state index in [1.54, 1.807) is 0 Å². The largest absolute Gasteiger partial charge is 0.351 e. The Kier molecular flexibility index (Phi) is 2.86. The molecule has 4 nitrogen and oxygen atoms in total. The van der Waals surface area contributed by atoms with Crippen molar-refractivity contribution in [3.05, 3.63) is 0 Å². The first-order chi connectivity index (χ1) is 5.69. The molecular weight excluding hydrogens is 176 g/mol. The smallest absolute Gasteiger partial charge is 0.327 e. The lowest BCUT2D eigenvalue weighted by molar-refractivity contribution is -0.130. The molecule has 0 bridgehead atoms. The van der Waals surface area contributed by atoms with Crippen molar-refractivity contribution in [3.8, 4) is 0 Å². The van der Waals surface area contributed by atoms with Gasteiger partial charge in [0.2, 0.25) is 0 Å². The Labute approximate surface area is 75.0 Å². The van der Waals surface area contributed by atoms with Crippen LogP contribution in [0, 0.1) is 0 Å². The molecule has 0 aromatic carbocycles. The SMILES string of the molecule is CCN(CC)C1=NC(=O)C(=O)S1. The molecule has 0 radical (unpaired) electrons. The van der Waals surface area contributed by atoms with Crippen molar-refractivity contribution in [2.75, 3.05) is 13.1 Å². The van der Waals surface area contributed by atoms with E-state index in [1.807, 2.05) is 18.7 Å². The van der Waals surface area contributed by atoms with Crippen molar-refractivity contribution >= 4 is 28.0 Å². The van der Waals surface area contributed by atoms with Crippen LogP contribution in [-0.4, -0.2) is 34.2 Å². The van der Waals surface area contributed by atoms with Gasteiger partial charge < -0.3 is 4.90 Å². The summed E-state index contributed by atoms with van der Waals surface area (Å²) in [4.78, 5) is 27.0. The number of carbonyl (C=O) groups is 2. The standard InChI is InChI=1S/C7H10N2O2S/c1-3-9(4-2)7-8-5(10)6(11)12-7/h3-4H2,1-2H3. The van der Waals surface area contributed by atoms with E-state index in [-0.39, 0.29) is 0 Å². The van der Waals surface area contributed by atoms with Crippen molar-refractivity contribution in [2.24, 2.45) is 4.99 Å². The van der Waals surface area contributed by atoms with Crippen molar-refractivity contribution in [2.45, 2.75) is 13.8 Å². The van der Waals surface area contributed by atoms with E-state index in [9.17, 15) is 9.59 Å². The summed E-state index contributed by atoms with van der Waals surface area (Å²) in [6, 6.07) is 0. The number of hydrogen-bond acceptors (Lipinski definition) is 4. The molecule has 0 aliphatic carbocycles. The second kappa shape index (κ2) is 3.71. The van der Waals surface area contributed by atoms with Crippen molar-refractivity contribution < 1.29 is 9.59 Å². The topological polar surface area (TPSA) is 49.7 Å². The van der Waals surface area contributed by atoms with E-state index >= 15 is 0 Å². The van der Waals surface area contributed by atoms with E-state index in [2.05, 4.69) is 4.99 Å². The minimum Gasteiger partial charge on any atom is -0.351 e. The van der Waals surface area contributed by atoms with Crippen LogP contribution in [0.5, 0.6) is 0 Å². The first-order valence-electron chi connectivity index (χ1n) is 3.78. The monoisotopic (exact) mass is 186 g/mol. The van der Waals surface area contributed by atoms with Gasteiger partial charge in [-0.1, -0.05) is 0 Å². The number of hydrogen-bond donors (Lipinski definition) is 0. The minimum absolute atomic E-state index is 0.475. The van der Waals surface area contributed by atoms with E-state index in [0.717, 1.165) is 24.9 Å². The summed E-state index contributed by atoms with van der Waals surface area (Å²) in [6.07, 6.45) is 0. The van der Waals surface area contributed by atoms with Crippen LogP contribution >= 0.6 is 11.8 Å². The lowest BCUT2D eigenvalue weighted by atomic mass is 10.6. The first-order valence-corrected chi connectivity index (χ1v) is 4.60. The van der Waals surface area contributed by atoms with E-state index < -0.39 is 11.0 Å². The molecule has 5 heteroatoms. The van der Waals surface area contributed by atoms with Crippen LogP contribution in [0.25, 0.3) is 0 Å². The molecule has 0 aromatic heterocycles. The molecule has 12 heavy (non-hydrogen) atoms. The highest BCUT2D eigenvalue weighted by atomic mass is 32.2. The predicted octanol–water partition coefficient (Wildman–Crippen LogP) is 0.484. The Bertz CT molecular complexity index is 246. The molecule has 0 unspecified atom stereocenters. The normalized spacial score (nSPS) is 16.7. The van der Waals surface area contributed by atoms with Crippen LogP contribution in [0.3, 0.4) is 0 Å². The Morgan fingerprint density at radius 2 is 1.92 bits per heavy atom. The highest BCUT2D eigenvalue weighted by Crippen LogP contribution is 2.17. The highest BCUT2D eigenvalue weighted by Gasteiger charge is 2.27. The lowest BCUT2D eigenvalue weighted by Crippen LogP contribution is -2.27. The minimum atomic E-state index is -0.637. The summed E-state index contributed by atoms with van der Waals surface area (Å²) >= 11 is 0.918. The fraction of sp³-hybridized carbons (Fsp3) is 0.571. The number of nitrogens with zero attached hydrogens (tertiary/aromatic N) is 2. The van der Waals surface area contributed by atoms with Crippen LogP contribution < -0.4 is 0 Å². The van der Waals surface area contributed by atoms with Gasteiger partial charge >= 0.3 is 5.91 Å². The summed E-state index contributed by atoms with van der Waals surface area (Å²) < 4.78 is 0. The lowest BCUT2D eigenvalue weighted by Gasteiger charge is -2.17. The van der Waals surface area contributed by atoms with Crippen molar-refractivity contribution in [3.63, 3.8) is 0 Å². The molecule has 0 saturated carbocycles. The van der Waals surface area contributed by atoms with Gasteiger partial charge in [-0.05, 0) is 25.6 Å². The van der Waals surface area contributed by atoms with E-state index in [4.69, 9.17) is 0 Å². The molecule has 1 amide bonds. The van der Waals surface area contributed by atoms with Gasteiger partial charge in [0.05, 0.1) is 0 Å². The molecule has 0 spiro atoms. The zero-order valence-electron chi connectivity index (χ0n) is 7.03. The number of carbonyl (C=O) groups excluding carboxylic acids is 2. The molecule has 1 heterocycles. The van der Waals surface area contributed by atoms with Gasteiger partial charge in [-0.2, -0.15) is 4.99 Å². The maximum absolute atomic E-state index is 10.8. The molecule has 0 fully saturated rings. The van der Waals surface area contributed by atoms with Gasteiger partial charge in [0, 0.05) is 13.1 Å². The van der Waals surface area contributed by atoms with Crippen LogP contribution in [0.2, 0.25) is 0 Å². The fourth-order valence-electron chi connectivity index (χ4n) is 0.911. The zero-order chi connectivity index (χ0) is 9.14. The number of aliphatic imine (C=N–C) groups is 1. The molecule has 1 rings (SSSR count). The summed E-state index contributed by atoms with van der Waals surface area (Å²) in [6.45, 7) is 5.45. The van der Waals surface area contributed by atoms with Gasteiger partial charge in [-0.3, -0.25) is 9.59 Å². The molecule has 0 saturated heterocycles. The third-order valence-corrected chi connectivity index (χ3v) is 2.48. The Hall–Kier alpha value is -0.840. The van der Waals surface area contributed by atoms with Gasteiger partial charge in [0.25, 0.3) is 5.12 Å². The third kappa shape index (κ3) is 1.66. The summed E-state index contributed by atoms with van der Waals surface area (Å²) in [7, 11) is 0. The molecule has 1 aliphatic rings. The second-order valence-electron chi connectivity index (χ2n) is 2.26. The molecular formula is C7H10N2O2S. The number of rotatable bonds is 2. The first kappa shape index (κ1) is 9.25. The van der Waals surface area contributed by atoms with Gasteiger partial charge in [-0.25, -0.2) is 0 Å². The summed E-state index contributed by atoms with van der Waals surface area (Å²) in [5.41, 5.74) is 0. The molecule has 0 N–H and O–H groups in total. The number of thioether (sulfide) groups is 1. The molecule has 0 aromatic rings. The van der Waals surface area contributed by atoms with Crippen molar-refractivity contribution in [1.82, 2.24) is 4.90 Å². The maximum Gasteiger partial charge on any atom is 0.327 e. The van der Waals surface area contributed by atoms with Crippen molar-refractivity contribution in [1.29, 1.82) is 0 Å². The van der Waals surface area contributed by atoms with Gasteiger partial charge in [-0.15, -0.1) is 0 Å². The Morgan fingerprint density at radius 1 is 1.33 bits per heavy atom. The van der Waals surface area contributed by atoms with Gasteiger partial charge in [0.15, 0.2) is 5.17 Å². The summed E-state index contributed by atoms with van der Waals surface area (Å²) in [5.74, 6) is -0.637. The molecule has 66 valence electrons. The molecule has 0 atom stereocenters. The average molecular weight is 186 g/mol. The quantitative estimate of drug-likeness (QED) is 0.589. The average Bonchev–Trinajstić information content (AvgIpc) is 2.35. The number of amides is 1. The van der Waals surface area contributed by atoms with E-state index in [0.29, 0.717) is 5.17 Å². The second-order valence-corrected chi connectivity index (χ2v) is 3.20.